The fourth-order valence-corrected chi connectivity index (χ4v) is 5.50. The number of nitriles is 1. The second-order valence-corrected chi connectivity index (χ2v) is 16.0. The first-order valence-electron chi connectivity index (χ1n) is 12.1. The lowest BCUT2D eigenvalue weighted by Crippen LogP contribution is -2.35. The topological polar surface area (TPSA) is 71.9 Å². The predicted octanol–water partition coefficient (Wildman–Crippen LogP) is 5.41. The van der Waals surface area contributed by atoms with Crippen molar-refractivity contribution in [2.24, 2.45) is 0 Å². The summed E-state index contributed by atoms with van der Waals surface area (Å²) in [5.41, 5.74) is 2.85. The highest BCUT2D eigenvalue weighted by molar-refractivity contribution is 6.76. The first-order chi connectivity index (χ1) is 16.4. The number of rotatable bonds is 7. The highest BCUT2D eigenvalue weighted by atomic mass is 28.3. The van der Waals surface area contributed by atoms with Gasteiger partial charge < -0.3 is 18.8 Å². The average Bonchev–Trinajstić information content (AvgIpc) is 3.45. The van der Waals surface area contributed by atoms with Crippen LogP contribution in [0.15, 0.2) is 49.1 Å². The third-order valence-electron chi connectivity index (χ3n) is 6.75. The molecule has 1 saturated heterocycles. The molecule has 34 heavy (non-hydrogen) atoms. The van der Waals surface area contributed by atoms with Crippen molar-refractivity contribution in [2.45, 2.75) is 51.3 Å². The molecule has 0 atom stereocenters. The summed E-state index contributed by atoms with van der Waals surface area (Å²) >= 11 is 0. The second kappa shape index (κ2) is 9.24. The minimum absolute atomic E-state index is 0.439. The van der Waals surface area contributed by atoms with Crippen LogP contribution in [0.2, 0.25) is 25.7 Å². The molecule has 4 aromatic rings. The van der Waals surface area contributed by atoms with Gasteiger partial charge in [-0.2, -0.15) is 24.9 Å². The van der Waals surface area contributed by atoms with E-state index in [1.165, 1.54) is 22.3 Å². The zero-order chi connectivity index (χ0) is 23.7. The summed E-state index contributed by atoms with van der Waals surface area (Å²) in [7, 11) is -1.09. The van der Waals surface area contributed by atoms with Gasteiger partial charge in [0.25, 0.3) is 0 Å². The molecule has 1 aliphatic heterocycles. The van der Waals surface area contributed by atoms with Crippen molar-refractivity contribution in [3.63, 3.8) is 0 Å². The van der Waals surface area contributed by atoms with Crippen molar-refractivity contribution < 1.29 is 4.74 Å². The Kier molecular flexibility index (Phi) is 6.15. The number of ether oxygens (including phenoxy) is 1. The van der Waals surface area contributed by atoms with Crippen LogP contribution in [-0.2, 0) is 11.5 Å². The van der Waals surface area contributed by atoms with Crippen molar-refractivity contribution in [3.8, 4) is 6.07 Å². The van der Waals surface area contributed by atoms with Gasteiger partial charge in [-0.15, -0.1) is 14.1 Å². The number of pyridine rings is 2. The van der Waals surface area contributed by atoms with Crippen molar-refractivity contribution in [2.75, 3.05) is 24.6 Å². The monoisotopic (exact) mass is 472 g/mol. The number of anilines is 1. The van der Waals surface area contributed by atoms with Crippen LogP contribution in [0.1, 0.15) is 24.4 Å². The summed E-state index contributed by atoms with van der Waals surface area (Å²) in [5, 5.41) is 11.4. The Bertz CT molecular complexity index is 1320. The van der Waals surface area contributed by atoms with Gasteiger partial charge in [-0.25, -0.2) is 9.97 Å². The highest BCUT2D eigenvalue weighted by Crippen LogP contribution is 2.33. The summed E-state index contributed by atoms with van der Waals surface area (Å²) < 4.78 is 10.6. The molecule has 1 aliphatic rings. The Balaban J connectivity index is 1.32. The van der Waals surface area contributed by atoms with Crippen molar-refractivity contribution in [3.05, 3.63) is 54.6 Å². The van der Waals surface area contributed by atoms with Crippen LogP contribution < -0.4 is 4.90 Å². The van der Waals surface area contributed by atoms with E-state index in [-0.39, 0.29) is 0 Å². The standard InChI is InChI=1S/C26H32N6OSi/c1-34(2,3)15-14-33-19-31-12-9-23-25-21(18-29-26(23)31)6-13-32(25)22-7-10-30(11-8-22)24-5-4-20(16-27)17-28-24/h4-6,9,12-13,17-18,22H,7-8,10-11,14-15,19H2,1-3H3/q-1. The van der Waals surface area contributed by atoms with E-state index in [1.54, 1.807) is 6.20 Å². The average molecular weight is 473 g/mol. The van der Waals surface area contributed by atoms with E-state index in [1.807, 2.05) is 18.3 Å². The molecule has 5 heterocycles. The summed E-state index contributed by atoms with van der Waals surface area (Å²) in [6.45, 7) is 10.4. The lowest BCUT2D eigenvalue weighted by molar-refractivity contribution is 0.0899. The molecule has 0 bridgehead atoms. The van der Waals surface area contributed by atoms with E-state index in [0.717, 1.165) is 44.0 Å². The third-order valence-corrected chi connectivity index (χ3v) is 8.45. The Hall–Kier alpha value is -3.15. The van der Waals surface area contributed by atoms with Crippen LogP contribution in [0.25, 0.3) is 21.9 Å². The molecule has 5 rings (SSSR count). The fraction of sp³-hybridized carbons (Fsp3) is 0.423. The van der Waals surface area contributed by atoms with Crippen LogP contribution in [0.5, 0.6) is 0 Å². The van der Waals surface area contributed by atoms with E-state index < -0.39 is 8.07 Å². The number of nitrogens with zero attached hydrogens (tertiary/aromatic N) is 6. The minimum atomic E-state index is -1.09. The molecular weight excluding hydrogens is 440 g/mol. The Labute approximate surface area is 201 Å². The van der Waals surface area contributed by atoms with Crippen LogP contribution in [0.3, 0.4) is 0 Å². The van der Waals surface area contributed by atoms with E-state index in [0.29, 0.717) is 18.3 Å². The first-order valence-corrected chi connectivity index (χ1v) is 15.8. The van der Waals surface area contributed by atoms with Gasteiger partial charge in [0.2, 0.25) is 0 Å². The lowest BCUT2D eigenvalue weighted by atomic mass is 10.0. The molecular formula is C26H32N6OSi-. The lowest BCUT2D eigenvalue weighted by Gasteiger charge is -2.34. The molecule has 0 saturated carbocycles. The first kappa shape index (κ1) is 22.6. The molecule has 0 unspecified atom stereocenters. The third kappa shape index (κ3) is 4.59. The molecule has 0 spiro atoms. The van der Waals surface area contributed by atoms with Crippen LogP contribution >= 0.6 is 0 Å². The summed E-state index contributed by atoms with van der Waals surface area (Å²) in [4.78, 5) is 11.5. The number of hydrogen-bond donors (Lipinski definition) is 0. The van der Waals surface area contributed by atoms with Crippen molar-refractivity contribution >= 4 is 35.8 Å². The summed E-state index contributed by atoms with van der Waals surface area (Å²) in [5.74, 6) is 0.951. The maximum absolute atomic E-state index is 9.01. The van der Waals surface area contributed by atoms with E-state index >= 15 is 0 Å². The van der Waals surface area contributed by atoms with Gasteiger partial charge in [-0.05, 0) is 37.1 Å². The molecule has 177 valence electrons. The zero-order valence-electron chi connectivity index (χ0n) is 20.2. The van der Waals surface area contributed by atoms with E-state index in [9.17, 15) is 0 Å². The van der Waals surface area contributed by atoms with Gasteiger partial charge in [0.1, 0.15) is 24.3 Å². The van der Waals surface area contributed by atoms with Gasteiger partial charge >= 0.3 is 0 Å². The smallest absolute Gasteiger partial charge is 0.143 e. The van der Waals surface area contributed by atoms with Gasteiger partial charge in [0.15, 0.2) is 0 Å². The number of fused-ring (bicyclic) bond motifs is 3. The fourth-order valence-electron chi connectivity index (χ4n) is 4.75. The van der Waals surface area contributed by atoms with Gasteiger partial charge in [0.05, 0.1) is 11.1 Å². The number of piperidine rings is 1. The van der Waals surface area contributed by atoms with Crippen molar-refractivity contribution in [1.29, 1.82) is 5.26 Å². The SMILES string of the molecule is C[Si-](C)(C)CCOCn1ccc2c1ncc1ccn(C3CCN(c4ccc(C#N)cn4)CC3)c12. The Morgan fingerprint density at radius 3 is 2.59 bits per heavy atom. The van der Waals surface area contributed by atoms with Crippen LogP contribution in [-0.4, -0.2) is 46.9 Å². The second-order valence-electron chi connectivity index (χ2n) is 10.4. The summed E-state index contributed by atoms with van der Waals surface area (Å²) in [6, 6.07) is 11.9. The molecule has 0 N–H and O–H groups in total. The Morgan fingerprint density at radius 1 is 1.06 bits per heavy atom. The van der Waals surface area contributed by atoms with Crippen LogP contribution in [0, 0.1) is 11.3 Å². The van der Waals surface area contributed by atoms with Gasteiger partial charge in [0, 0.05) is 61.3 Å². The molecule has 0 aromatic carbocycles. The number of aromatic nitrogens is 4. The number of hydrogen-bond acceptors (Lipinski definition) is 5. The molecule has 0 radical (unpaired) electrons. The highest BCUT2D eigenvalue weighted by Gasteiger charge is 2.23. The maximum Gasteiger partial charge on any atom is 0.143 e. The van der Waals surface area contributed by atoms with Crippen molar-refractivity contribution in [1.82, 2.24) is 19.1 Å². The van der Waals surface area contributed by atoms with Gasteiger partial charge in [-0.3, -0.25) is 0 Å². The molecule has 0 amide bonds. The van der Waals surface area contributed by atoms with E-state index in [2.05, 4.69) is 69.3 Å². The van der Waals surface area contributed by atoms with E-state index in [4.69, 9.17) is 15.0 Å². The minimum Gasteiger partial charge on any atom is -0.364 e. The molecule has 0 aliphatic carbocycles. The normalized spacial score (nSPS) is 15.3. The summed E-state index contributed by atoms with van der Waals surface area (Å²) in [6.07, 6.45) is 10.1. The Morgan fingerprint density at radius 2 is 1.88 bits per heavy atom. The molecule has 8 heteroatoms. The maximum atomic E-state index is 9.01. The largest absolute Gasteiger partial charge is 0.364 e. The zero-order valence-corrected chi connectivity index (χ0v) is 21.2. The molecule has 7 nitrogen and oxygen atoms in total. The van der Waals surface area contributed by atoms with Crippen LogP contribution in [0.4, 0.5) is 5.82 Å². The predicted molar refractivity (Wildman–Crippen MR) is 139 cm³/mol. The van der Waals surface area contributed by atoms with Gasteiger partial charge in [-0.1, -0.05) is 0 Å². The molecule has 1 fully saturated rings. The molecule has 4 aromatic heterocycles. The quantitative estimate of drug-likeness (QED) is 0.266.